The Morgan fingerprint density at radius 1 is 0.909 bits per heavy atom. The number of aryl methyl sites for hydroxylation is 1. The second-order valence-electron chi connectivity index (χ2n) is 4.98. The Hall–Kier alpha value is -2.33. The number of hydrogen-bond donors (Lipinski definition) is 0. The van der Waals surface area contributed by atoms with Gasteiger partial charge in [-0.25, -0.2) is 4.98 Å². The Kier molecular flexibility index (Phi) is 4.11. The molecule has 1 aromatic heterocycles. The minimum atomic E-state index is 0.713. The fraction of sp³-hybridized carbons (Fsp3) is 0.167. The van der Waals surface area contributed by atoms with Gasteiger partial charge in [0.2, 0.25) is 0 Å². The summed E-state index contributed by atoms with van der Waals surface area (Å²) in [6.07, 6.45) is 0. The average molecular weight is 311 g/mol. The molecule has 1 heterocycles. The molecule has 0 atom stereocenters. The van der Waals surface area contributed by atoms with Crippen LogP contribution >= 0.6 is 11.3 Å². The van der Waals surface area contributed by atoms with Gasteiger partial charge < -0.3 is 9.47 Å². The highest BCUT2D eigenvalue weighted by Gasteiger charge is 2.10. The molecular weight excluding hydrogens is 294 g/mol. The summed E-state index contributed by atoms with van der Waals surface area (Å²) >= 11 is 1.65. The van der Waals surface area contributed by atoms with Crippen LogP contribution in [0.4, 0.5) is 0 Å². The van der Waals surface area contributed by atoms with E-state index in [-0.39, 0.29) is 0 Å². The first-order chi connectivity index (χ1) is 10.7. The lowest BCUT2D eigenvalue weighted by molar-refractivity contribution is 0.355. The normalized spacial score (nSPS) is 10.5. The van der Waals surface area contributed by atoms with E-state index in [1.54, 1.807) is 25.6 Å². The highest BCUT2D eigenvalue weighted by Crippen LogP contribution is 2.34. The van der Waals surface area contributed by atoms with Crippen molar-refractivity contribution >= 4 is 11.3 Å². The summed E-state index contributed by atoms with van der Waals surface area (Å²) in [5, 5.41) is 3.09. The first-order valence-corrected chi connectivity index (χ1v) is 7.84. The number of methoxy groups -OCH3 is 2. The summed E-state index contributed by atoms with van der Waals surface area (Å²) in [7, 11) is 3.27. The number of aromatic nitrogens is 1. The minimum absolute atomic E-state index is 0.713. The topological polar surface area (TPSA) is 31.4 Å². The molecule has 0 fully saturated rings. The maximum absolute atomic E-state index is 5.36. The van der Waals surface area contributed by atoms with E-state index >= 15 is 0 Å². The van der Waals surface area contributed by atoms with Gasteiger partial charge in [-0.15, -0.1) is 11.3 Å². The van der Waals surface area contributed by atoms with E-state index in [1.807, 2.05) is 18.2 Å². The number of thiazole rings is 1. The highest BCUT2D eigenvalue weighted by molar-refractivity contribution is 7.13. The SMILES string of the molecule is COc1ccc(-c2csc(-c3cccc(C)c3)n2)cc1OC. The van der Waals surface area contributed by atoms with Gasteiger partial charge >= 0.3 is 0 Å². The second-order valence-corrected chi connectivity index (χ2v) is 5.84. The van der Waals surface area contributed by atoms with Gasteiger partial charge in [-0.05, 0) is 31.2 Å². The monoisotopic (exact) mass is 311 g/mol. The van der Waals surface area contributed by atoms with Crippen molar-refractivity contribution in [2.75, 3.05) is 14.2 Å². The van der Waals surface area contributed by atoms with Crippen LogP contribution < -0.4 is 9.47 Å². The average Bonchev–Trinajstić information content (AvgIpc) is 3.04. The molecule has 0 amide bonds. The molecule has 0 aliphatic rings. The third-order valence-electron chi connectivity index (χ3n) is 3.45. The number of hydrogen-bond acceptors (Lipinski definition) is 4. The van der Waals surface area contributed by atoms with Gasteiger partial charge in [-0.1, -0.05) is 23.8 Å². The van der Waals surface area contributed by atoms with Gasteiger partial charge in [0.05, 0.1) is 19.9 Å². The van der Waals surface area contributed by atoms with Gasteiger partial charge in [-0.2, -0.15) is 0 Å². The molecule has 0 aliphatic carbocycles. The highest BCUT2D eigenvalue weighted by atomic mass is 32.1. The molecule has 0 saturated carbocycles. The zero-order valence-electron chi connectivity index (χ0n) is 12.8. The van der Waals surface area contributed by atoms with Gasteiger partial charge in [0.15, 0.2) is 11.5 Å². The summed E-state index contributed by atoms with van der Waals surface area (Å²) in [6, 6.07) is 14.2. The number of benzene rings is 2. The lowest BCUT2D eigenvalue weighted by Crippen LogP contribution is -1.90. The molecule has 112 valence electrons. The van der Waals surface area contributed by atoms with Crippen molar-refractivity contribution in [1.82, 2.24) is 4.98 Å². The molecule has 3 aromatic rings. The summed E-state index contributed by atoms with van der Waals surface area (Å²) in [5.41, 5.74) is 4.35. The molecule has 4 heteroatoms. The quantitative estimate of drug-likeness (QED) is 0.693. The molecule has 2 aromatic carbocycles. The van der Waals surface area contributed by atoms with Gasteiger partial charge in [0.1, 0.15) is 5.01 Å². The van der Waals surface area contributed by atoms with E-state index < -0.39 is 0 Å². The van der Waals surface area contributed by atoms with Gasteiger partial charge in [0, 0.05) is 16.5 Å². The van der Waals surface area contributed by atoms with E-state index in [0.29, 0.717) is 5.75 Å². The van der Waals surface area contributed by atoms with Crippen LogP contribution in [0.2, 0.25) is 0 Å². The number of rotatable bonds is 4. The lowest BCUT2D eigenvalue weighted by Gasteiger charge is -2.08. The molecule has 0 unspecified atom stereocenters. The van der Waals surface area contributed by atoms with Crippen LogP contribution in [0.25, 0.3) is 21.8 Å². The molecule has 22 heavy (non-hydrogen) atoms. The van der Waals surface area contributed by atoms with Crippen LogP contribution in [0, 0.1) is 6.92 Å². The molecule has 0 spiro atoms. The van der Waals surface area contributed by atoms with Crippen LogP contribution in [0.15, 0.2) is 47.8 Å². The number of ether oxygens (including phenoxy) is 2. The maximum Gasteiger partial charge on any atom is 0.161 e. The first kappa shape index (κ1) is 14.6. The first-order valence-electron chi connectivity index (χ1n) is 6.96. The molecule has 0 bridgehead atoms. The Bertz CT molecular complexity index is 795. The van der Waals surface area contributed by atoms with Crippen molar-refractivity contribution in [3.05, 3.63) is 53.4 Å². The minimum Gasteiger partial charge on any atom is -0.493 e. The largest absolute Gasteiger partial charge is 0.493 e. The molecule has 0 saturated heterocycles. The van der Waals surface area contributed by atoms with Gasteiger partial charge in [0.25, 0.3) is 0 Å². The van der Waals surface area contributed by atoms with E-state index in [9.17, 15) is 0 Å². The van der Waals surface area contributed by atoms with Crippen molar-refractivity contribution < 1.29 is 9.47 Å². The van der Waals surface area contributed by atoms with E-state index in [0.717, 1.165) is 27.6 Å². The molecule has 0 N–H and O–H groups in total. The van der Waals surface area contributed by atoms with Crippen molar-refractivity contribution in [2.24, 2.45) is 0 Å². The Morgan fingerprint density at radius 2 is 1.73 bits per heavy atom. The van der Waals surface area contributed by atoms with Crippen molar-refractivity contribution in [3.63, 3.8) is 0 Å². The van der Waals surface area contributed by atoms with E-state index in [1.165, 1.54) is 5.56 Å². The van der Waals surface area contributed by atoms with E-state index in [2.05, 4.69) is 36.6 Å². The molecule has 3 rings (SSSR count). The van der Waals surface area contributed by atoms with Gasteiger partial charge in [-0.3, -0.25) is 0 Å². The van der Waals surface area contributed by atoms with Crippen LogP contribution in [0.5, 0.6) is 11.5 Å². The predicted molar refractivity (Wildman–Crippen MR) is 90.8 cm³/mol. The maximum atomic E-state index is 5.36. The molecule has 0 radical (unpaired) electrons. The van der Waals surface area contributed by atoms with Crippen LogP contribution in [-0.2, 0) is 0 Å². The fourth-order valence-electron chi connectivity index (χ4n) is 2.31. The smallest absolute Gasteiger partial charge is 0.161 e. The summed E-state index contributed by atoms with van der Waals surface area (Å²) in [4.78, 5) is 4.74. The Labute approximate surface area is 134 Å². The third-order valence-corrected chi connectivity index (χ3v) is 4.34. The Morgan fingerprint density at radius 3 is 2.45 bits per heavy atom. The summed E-state index contributed by atoms with van der Waals surface area (Å²) < 4.78 is 10.6. The molecule has 3 nitrogen and oxygen atoms in total. The predicted octanol–water partition coefficient (Wildman–Crippen LogP) is 4.80. The second kappa shape index (κ2) is 6.20. The van der Waals surface area contributed by atoms with Crippen molar-refractivity contribution in [2.45, 2.75) is 6.92 Å². The molecular formula is C18H17NO2S. The Balaban J connectivity index is 1.97. The third kappa shape index (κ3) is 2.83. The summed E-state index contributed by atoms with van der Waals surface area (Å²) in [6.45, 7) is 2.09. The standard InChI is InChI=1S/C18H17NO2S/c1-12-5-4-6-14(9-12)18-19-15(11-22-18)13-7-8-16(20-2)17(10-13)21-3/h4-11H,1-3H3. The van der Waals surface area contributed by atoms with Crippen LogP contribution in [0.1, 0.15) is 5.56 Å². The molecule has 0 aliphatic heterocycles. The van der Waals surface area contributed by atoms with E-state index in [4.69, 9.17) is 14.5 Å². The summed E-state index contributed by atoms with van der Waals surface area (Å²) in [5.74, 6) is 1.44. The fourth-order valence-corrected chi connectivity index (χ4v) is 3.14. The lowest BCUT2D eigenvalue weighted by atomic mass is 10.1. The zero-order chi connectivity index (χ0) is 15.5. The van der Waals surface area contributed by atoms with Crippen LogP contribution in [-0.4, -0.2) is 19.2 Å². The zero-order valence-corrected chi connectivity index (χ0v) is 13.6. The van der Waals surface area contributed by atoms with Crippen LogP contribution in [0.3, 0.4) is 0 Å². The van der Waals surface area contributed by atoms with Crippen molar-refractivity contribution in [3.8, 4) is 33.3 Å². The number of nitrogens with zero attached hydrogens (tertiary/aromatic N) is 1. The van der Waals surface area contributed by atoms with Crippen molar-refractivity contribution in [1.29, 1.82) is 0 Å².